The number of hydrogen-bond acceptors (Lipinski definition) is 7. The maximum Gasteiger partial charge on any atom is 0.262 e. The first-order valence-corrected chi connectivity index (χ1v) is 9.86. The molecule has 0 radical (unpaired) electrons. The Morgan fingerprint density at radius 1 is 1.13 bits per heavy atom. The fourth-order valence-electron chi connectivity index (χ4n) is 2.61. The third-order valence-electron chi connectivity index (χ3n) is 3.82. The molecular formula is C14H14N2O3S4. The Kier molecular flexibility index (Phi) is 5.10. The lowest BCUT2D eigenvalue weighted by atomic mass is 9.92. The van der Waals surface area contributed by atoms with Gasteiger partial charge in [0.2, 0.25) is 5.91 Å². The summed E-state index contributed by atoms with van der Waals surface area (Å²) in [6.45, 7) is 1.07. The zero-order valence-electron chi connectivity index (χ0n) is 12.1. The molecule has 122 valence electrons. The van der Waals surface area contributed by atoms with Crippen molar-refractivity contribution in [3.8, 4) is 0 Å². The maximum atomic E-state index is 12.6. The minimum atomic E-state index is -0.751. The van der Waals surface area contributed by atoms with Gasteiger partial charge >= 0.3 is 0 Å². The van der Waals surface area contributed by atoms with Crippen LogP contribution in [0, 0.1) is 5.92 Å². The van der Waals surface area contributed by atoms with Crippen molar-refractivity contribution in [2.75, 3.05) is 24.6 Å². The lowest BCUT2D eigenvalue weighted by Crippen LogP contribution is -2.39. The largest absolute Gasteiger partial charge is 0.511 e. The van der Waals surface area contributed by atoms with Gasteiger partial charge in [-0.15, -0.1) is 0 Å². The monoisotopic (exact) mass is 386 g/mol. The molecule has 3 rings (SSSR count). The highest BCUT2D eigenvalue weighted by molar-refractivity contribution is 8.23. The van der Waals surface area contributed by atoms with Crippen LogP contribution in [0.1, 0.15) is 6.42 Å². The highest BCUT2D eigenvalue weighted by Gasteiger charge is 2.37. The van der Waals surface area contributed by atoms with Crippen LogP contribution in [0.15, 0.2) is 23.5 Å². The number of aliphatic hydroxyl groups excluding tert-OH is 1. The topological polar surface area (TPSA) is 60.9 Å². The van der Waals surface area contributed by atoms with Crippen LogP contribution in [-0.2, 0) is 9.59 Å². The first kappa shape index (κ1) is 16.9. The van der Waals surface area contributed by atoms with Crippen LogP contribution in [-0.4, -0.2) is 60.0 Å². The fourth-order valence-corrected chi connectivity index (χ4v) is 5.03. The zero-order valence-corrected chi connectivity index (χ0v) is 15.3. The van der Waals surface area contributed by atoms with Gasteiger partial charge in [0.05, 0.1) is 11.5 Å². The minimum Gasteiger partial charge on any atom is -0.511 e. The number of rotatable bonds is 2. The summed E-state index contributed by atoms with van der Waals surface area (Å²) >= 11 is 13.2. The summed E-state index contributed by atoms with van der Waals surface area (Å²) in [7, 11) is 0. The van der Waals surface area contributed by atoms with Crippen LogP contribution in [0.3, 0.4) is 0 Å². The van der Waals surface area contributed by atoms with Crippen molar-refractivity contribution in [3.63, 3.8) is 0 Å². The second kappa shape index (κ2) is 6.92. The van der Waals surface area contributed by atoms with Gasteiger partial charge in [-0.2, -0.15) is 0 Å². The first-order chi connectivity index (χ1) is 11.0. The van der Waals surface area contributed by atoms with Crippen LogP contribution < -0.4 is 0 Å². The molecule has 0 bridgehead atoms. The van der Waals surface area contributed by atoms with Gasteiger partial charge in [-0.05, 0) is 12.5 Å². The quantitative estimate of drug-likeness (QED) is 0.729. The highest BCUT2D eigenvalue weighted by atomic mass is 32.2. The van der Waals surface area contributed by atoms with Crippen LogP contribution in [0.4, 0.5) is 0 Å². The Bertz CT molecular complexity index is 658. The van der Waals surface area contributed by atoms with E-state index in [2.05, 4.69) is 0 Å². The molecule has 1 aliphatic carbocycles. The van der Waals surface area contributed by atoms with E-state index in [4.69, 9.17) is 24.4 Å². The third kappa shape index (κ3) is 3.19. The Balaban J connectivity index is 1.84. The number of carbonyl (C=O) groups is 2. The van der Waals surface area contributed by atoms with Gasteiger partial charge in [-0.1, -0.05) is 54.0 Å². The number of thioether (sulfide) groups is 2. The number of amides is 2. The van der Waals surface area contributed by atoms with Crippen molar-refractivity contribution in [2.24, 2.45) is 5.92 Å². The van der Waals surface area contributed by atoms with Gasteiger partial charge < -0.3 is 5.11 Å². The third-order valence-corrected chi connectivity index (χ3v) is 6.68. The van der Waals surface area contributed by atoms with Crippen molar-refractivity contribution < 1.29 is 14.7 Å². The second-order valence-corrected chi connectivity index (χ2v) is 8.62. The lowest BCUT2D eigenvalue weighted by Gasteiger charge is -2.25. The van der Waals surface area contributed by atoms with Gasteiger partial charge in [0.25, 0.3) is 5.91 Å². The second-order valence-electron chi connectivity index (χ2n) is 5.16. The minimum absolute atomic E-state index is 0.150. The van der Waals surface area contributed by atoms with Gasteiger partial charge in [0.15, 0.2) is 0 Å². The molecule has 0 aromatic rings. The molecule has 0 spiro atoms. The van der Waals surface area contributed by atoms with E-state index in [1.54, 1.807) is 12.2 Å². The average Bonchev–Trinajstić information content (AvgIpc) is 3.14. The van der Waals surface area contributed by atoms with Crippen molar-refractivity contribution in [3.05, 3.63) is 23.5 Å². The molecule has 1 N–H and O–H groups in total. The van der Waals surface area contributed by atoms with E-state index >= 15 is 0 Å². The Hall–Kier alpha value is -0.900. The predicted molar refractivity (Wildman–Crippen MR) is 100 cm³/mol. The van der Waals surface area contributed by atoms with Crippen molar-refractivity contribution >= 4 is 68.4 Å². The maximum absolute atomic E-state index is 12.6. The average molecular weight is 387 g/mol. The molecule has 2 aliphatic heterocycles. The first-order valence-electron chi connectivity index (χ1n) is 7.07. The standard InChI is InChI=1S/C14H14N2O3S4/c17-10-8(11(18)15-4-6-22-13(15)20)2-1-3-9(10)12(19)16-5-7-23-14(16)21/h1-2,9,17H,3-7H2. The summed E-state index contributed by atoms with van der Waals surface area (Å²) in [6, 6.07) is 0. The molecule has 9 heteroatoms. The number of nitrogens with zero attached hydrogens (tertiary/aromatic N) is 2. The smallest absolute Gasteiger partial charge is 0.262 e. The van der Waals surface area contributed by atoms with Gasteiger partial charge in [0, 0.05) is 24.6 Å². The van der Waals surface area contributed by atoms with Gasteiger partial charge in [-0.25, -0.2) is 0 Å². The van der Waals surface area contributed by atoms with Crippen molar-refractivity contribution in [1.82, 2.24) is 9.80 Å². The molecule has 1 atom stereocenters. The van der Waals surface area contributed by atoms with Crippen LogP contribution in [0.5, 0.6) is 0 Å². The Morgan fingerprint density at radius 2 is 1.74 bits per heavy atom. The summed E-state index contributed by atoms with van der Waals surface area (Å²) in [5.41, 5.74) is 0.150. The molecule has 23 heavy (non-hydrogen) atoms. The SMILES string of the molecule is O=C(C1=C(O)C(C(=O)N2CCSC2=S)CC=C1)N1CCSC1=S. The molecule has 2 heterocycles. The number of carbonyl (C=O) groups excluding carboxylic acids is 2. The van der Waals surface area contributed by atoms with Gasteiger partial charge in [-0.3, -0.25) is 19.4 Å². The van der Waals surface area contributed by atoms with Crippen LogP contribution >= 0.6 is 48.0 Å². The summed E-state index contributed by atoms with van der Waals surface area (Å²) in [5, 5.41) is 10.5. The predicted octanol–water partition coefficient (Wildman–Crippen LogP) is 2.10. The molecule has 0 saturated carbocycles. The van der Waals surface area contributed by atoms with Crippen LogP contribution in [0.25, 0.3) is 0 Å². The van der Waals surface area contributed by atoms with Gasteiger partial charge in [0.1, 0.15) is 14.4 Å². The number of aliphatic hydroxyl groups is 1. The Morgan fingerprint density at radius 3 is 2.30 bits per heavy atom. The molecule has 5 nitrogen and oxygen atoms in total. The molecule has 0 aromatic heterocycles. The number of allylic oxidation sites excluding steroid dienone is 1. The number of thiocarbonyl (C=S) groups is 2. The van der Waals surface area contributed by atoms with Crippen molar-refractivity contribution in [2.45, 2.75) is 6.42 Å². The van der Waals surface area contributed by atoms with E-state index in [-0.39, 0.29) is 23.1 Å². The number of hydrogen-bond donors (Lipinski definition) is 1. The van der Waals surface area contributed by atoms with E-state index in [0.717, 1.165) is 11.5 Å². The fraction of sp³-hybridized carbons (Fsp3) is 0.429. The van der Waals surface area contributed by atoms with E-state index in [1.165, 1.54) is 33.3 Å². The summed E-state index contributed by atoms with van der Waals surface area (Å²) in [6.07, 6.45) is 3.68. The van der Waals surface area contributed by atoms with E-state index < -0.39 is 5.92 Å². The van der Waals surface area contributed by atoms with E-state index in [1.807, 2.05) is 0 Å². The molecule has 1 unspecified atom stereocenters. The molecule has 2 saturated heterocycles. The summed E-state index contributed by atoms with van der Waals surface area (Å²) in [4.78, 5) is 28.2. The van der Waals surface area contributed by atoms with Crippen LogP contribution in [0.2, 0.25) is 0 Å². The van der Waals surface area contributed by atoms with E-state index in [0.29, 0.717) is 28.2 Å². The molecule has 3 aliphatic rings. The van der Waals surface area contributed by atoms with E-state index in [9.17, 15) is 14.7 Å². The zero-order chi connectivity index (χ0) is 16.6. The lowest BCUT2D eigenvalue weighted by molar-refractivity contribution is -0.130. The molecule has 2 fully saturated rings. The normalized spacial score (nSPS) is 24.8. The summed E-state index contributed by atoms with van der Waals surface area (Å²) < 4.78 is 1.04. The highest BCUT2D eigenvalue weighted by Crippen LogP contribution is 2.30. The molecule has 2 amide bonds. The Labute approximate surface area is 153 Å². The summed E-state index contributed by atoms with van der Waals surface area (Å²) in [5.74, 6) is 0.00331. The van der Waals surface area contributed by atoms with Crippen molar-refractivity contribution in [1.29, 1.82) is 0 Å². The molecular weight excluding hydrogens is 372 g/mol. The molecule has 0 aromatic carbocycles.